The smallest absolute Gasteiger partial charge is 0.225 e. The molecular weight excluding hydrogens is 194 g/mol. The summed E-state index contributed by atoms with van der Waals surface area (Å²) in [5.74, 6) is 0.165. The molecule has 1 aliphatic carbocycles. The Labute approximate surface area is 89.5 Å². The second-order valence-electron chi connectivity index (χ2n) is 4.75. The fraction of sp³-hybridized carbons (Fsp3) is 0.909. The largest absolute Gasteiger partial charge is 0.346 e. The Morgan fingerprint density at radius 2 is 2.00 bits per heavy atom. The second kappa shape index (κ2) is 3.46. The molecule has 0 unspecified atom stereocenters. The quantitative estimate of drug-likeness (QED) is 0.643. The summed E-state index contributed by atoms with van der Waals surface area (Å²) in [6.07, 6.45) is 4.08. The third-order valence-corrected chi connectivity index (χ3v) is 3.47. The van der Waals surface area contributed by atoms with Crippen LogP contribution in [0.5, 0.6) is 0 Å². The van der Waals surface area contributed by atoms with Crippen molar-refractivity contribution in [2.24, 2.45) is 5.92 Å². The van der Waals surface area contributed by atoms with E-state index < -0.39 is 5.79 Å². The molecule has 0 radical (unpaired) electrons. The highest BCUT2D eigenvalue weighted by molar-refractivity contribution is 5.81. The Bertz CT molecular complexity index is 269. The van der Waals surface area contributed by atoms with E-state index >= 15 is 0 Å². The Morgan fingerprint density at radius 3 is 2.67 bits per heavy atom. The first-order valence-corrected chi connectivity index (χ1v) is 5.86. The summed E-state index contributed by atoms with van der Waals surface area (Å²) >= 11 is 0. The predicted octanol–water partition coefficient (Wildman–Crippen LogP) is 0.762. The van der Waals surface area contributed by atoms with Gasteiger partial charge in [-0.1, -0.05) is 0 Å². The molecule has 0 aromatic rings. The van der Waals surface area contributed by atoms with Crippen molar-refractivity contribution in [3.05, 3.63) is 0 Å². The van der Waals surface area contributed by atoms with Crippen molar-refractivity contribution in [2.45, 2.75) is 31.5 Å². The molecule has 84 valence electrons. The summed E-state index contributed by atoms with van der Waals surface area (Å²) in [7, 11) is 0. The Kier molecular flexibility index (Phi) is 2.21. The molecule has 4 heteroatoms. The minimum absolute atomic E-state index is 0.307. The van der Waals surface area contributed by atoms with E-state index in [-0.39, 0.29) is 0 Å². The maximum atomic E-state index is 11.9. The summed E-state index contributed by atoms with van der Waals surface area (Å²) in [6.45, 7) is 2.86. The molecule has 2 saturated heterocycles. The summed E-state index contributed by atoms with van der Waals surface area (Å²) in [5, 5.41) is 0. The average Bonchev–Trinajstić information content (AvgIpc) is 3.02. The highest BCUT2D eigenvalue weighted by atomic mass is 16.7. The third kappa shape index (κ3) is 1.76. The van der Waals surface area contributed by atoms with Crippen LogP contribution in [0.2, 0.25) is 0 Å². The number of hydrogen-bond acceptors (Lipinski definition) is 3. The van der Waals surface area contributed by atoms with Crippen molar-refractivity contribution < 1.29 is 14.3 Å². The number of likely N-dealkylation sites (tertiary alicyclic amines) is 1. The monoisotopic (exact) mass is 211 g/mol. The van der Waals surface area contributed by atoms with Crippen LogP contribution in [-0.4, -0.2) is 42.9 Å². The molecule has 4 nitrogen and oxygen atoms in total. The van der Waals surface area contributed by atoms with Gasteiger partial charge in [0.2, 0.25) is 5.91 Å². The number of nitrogens with zero attached hydrogens (tertiary/aromatic N) is 1. The molecule has 15 heavy (non-hydrogen) atoms. The van der Waals surface area contributed by atoms with Gasteiger partial charge in [0.05, 0.1) is 19.8 Å². The molecule has 2 heterocycles. The van der Waals surface area contributed by atoms with Crippen LogP contribution in [0, 0.1) is 5.92 Å². The maximum Gasteiger partial charge on any atom is 0.225 e. The first-order chi connectivity index (χ1) is 7.29. The zero-order chi connectivity index (χ0) is 10.3. The van der Waals surface area contributed by atoms with Gasteiger partial charge in [-0.05, 0) is 19.3 Å². The standard InChI is InChI=1S/C11H17NO3/c13-10(9-2-3-9)12-5-1-4-11(8-12)14-6-7-15-11/h9H,1-8H2. The van der Waals surface area contributed by atoms with Gasteiger partial charge >= 0.3 is 0 Å². The van der Waals surface area contributed by atoms with Gasteiger partial charge in [0.1, 0.15) is 0 Å². The molecule has 1 spiro atoms. The molecule has 1 amide bonds. The fourth-order valence-corrected chi connectivity index (χ4v) is 2.50. The van der Waals surface area contributed by atoms with Crippen molar-refractivity contribution in [3.8, 4) is 0 Å². The van der Waals surface area contributed by atoms with E-state index in [1.165, 1.54) is 0 Å². The Hall–Kier alpha value is -0.610. The number of amides is 1. The van der Waals surface area contributed by atoms with Crippen molar-refractivity contribution in [3.63, 3.8) is 0 Å². The molecule has 0 atom stereocenters. The Balaban J connectivity index is 1.67. The van der Waals surface area contributed by atoms with Gasteiger partial charge < -0.3 is 14.4 Å². The van der Waals surface area contributed by atoms with E-state index in [2.05, 4.69) is 0 Å². The molecule has 0 aromatic carbocycles. The lowest BCUT2D eigenvalue weighted by Crippen LogP contribution is -2.51. The SMILES string of the molecule is O=C(C1CC1)N1CCCC2(C1)OCCO2. The highest BCUT2D eigenvalue weighted by Crippen LogP contribution is 2.35. The van der Waals surface area contributed by atoms with Crippen molar-refractivity contribution in [1.29, 1.82) is 0 Å². The number of piperidine rings is 1. The maximum absolute atomic E-state index is 11.9. The lowest BCUT2D eigenvalue weighted by molar-refractivity contribution is -0.193. The average molecular weight is 211 g/mol. The highest BCUT2D eigenvalue weighted by Gasteiger charge is 2.44. The van der Waals surface area contributed by atoms with Gasteiger partial charge in [-0.3, -0.25) is 4.79 Å². The van der Waals surface area contributed by atoms with E-state index in [1.807, 2.05) is 4.90 Å². The summed E-state index contributed by atoms with van der Waals surface area (Å²) in [4.78, 5) is 13.9. The number of ether oxygens (including phenoxy) is 2. The van der Waals surface area contributed by atoms with Gasteiger partial charge in [-0.15, -0.1) is 0 Å². The summed E-state index contributed by atoms with van der Waals surface area (Å²) in [5.41, 5.74) is 0. The normalized spacial score (nSPS) is 29.7. The van der Waals surface area contributed by atoms with Crippen LogP contribution < -0.4 is 0 Å². The predicted molar refractivity (Wildman–Crippen MR) is 53.2 cm³/mol. The van der Waals surface area contributed by atoms with E-state index in [9.17, 15) is 4.79 Å². The Morgan fingerprint density at radius 1 is 1.27 bits per heavy atom. The van der Waals surface area contributed by atoms with Gasteiger partial charge in [-0.2, -0.15) is 0 Å². The number of hydrogen-bond donors (Lipinski definition) is 0. The molecule has 3 aliphatic rings. The van der Waals surface area contributed by atoms with Gasteiger partial charge in [0.15, 0.2) is 5.79 Å². The molecule has 1 saturated carbocycles. The van der Waals surface area contributed by atoms with E-state index in [4.69, 9.17) is 9.47 Å². The molecule has 0 aromatic heterocycles. The minimum Gasteiger partial charge on any atom is -0.346 e. The van der Waals surface area contributed by atoms with Gasteiger partial charge in [0.25, 0.3) is 0 Å². The van der Waals surface area contributed by atoms with Crippen LogP contribution in [0.4, 0.5) is 0 Å². The van der Waals surface area contributed by atoms with Crippen LogP contribution in [0.25, 0.3) is 0 Å². The topological polar surface area (TPSA) is 38.8 Å². The fourth-order valence-electron chi connectivity index (χ4n) is 2.50. The van der Waals surface area contributed by atoms with Crippen molar-refractivity contribution in [1.82, 2.24) is 4.90 Å². The van der Waals surface area contributed by atoms with Gasteiger partial charge in [-0.25, -0.2) is 0 Å². The molecule has 2 aliphatic heterocycles. The number of carbonyl (C=O) groups excluding carboxylic acids is 1. The lowest BCUT2D eigenvalue weighted by Gasteiger charge is -2.38. The number of carbonyl (C=O) groups is 1. The van der Waals surface area contributed by atoms with Gasteiger partial charge in [0, 0.05) is 18.9 Å². The second-order valence-corrected chi connectivity index (χ2v) is 4.75. The van der Waals surface area contributed by atoms with Crippen LogP contribution in [-0.2, 0) is 14.3 Å². The molecule has 3 fully saturated rings. The van der Waals surface area contributed by atoms with Crippen LogP contribution in [0.15, 0.2) is 0 Å². The number of rotatable bonds is 1. The summed E-state index contributed by atoms with van der Waals surface area (Å²) in [6, 6.07) is 0. The zero-order valence-corrected chi connectivity index (χ0v) is 8.91. The molecule has 0 bridgehead atoms. The van der Waals surface area contributed by atoms with Crippen LogP contribution in [0.3, 0.4) is 0 Å². The van der Waals surface area contributed by atoms with E-state index in [0.29, 0.717) is 31.6 Å². The first-order valence-electron chi connectivity index (χ1n) is 5.86. The summed E-state index contributed by atoms with van der Waals surface area (Å²) < 4.78 is 11.3. The van der Waals surface area contributed by atoms with Crippen molar-refractivity contribution in [2.75, 3.05) is 26.3 Å². The van der Waals surface area contributed by atoms with Crippen LogP contribution >= 0.6 is 0 Å². The minimum atomic E-state index is -0.456. The van der Waals surface area contributed by atoms with Crippen molar-refractivity contribution >= 4 is 5.91 Å². The third-order valence-electron chi connectivity index (χ3n) is 3.47. The molecule has 3 rings (SSSR count). The molecule has 0 N–H and O–H groups in total. The molecular formula is C11H17NO3. The lowest BCUT2D eigenvalue weighted by atomic mass is 10.0. The van der Waals surface area contributed by atoms with Crippen LogP contribution in [0.1, 0.15) is 25.7 Å². The zero-order valence-electron chi connectivity index (χ0n) is 8.91. The van der Waals surface area contributed by atoms with E-state index in [0.717, 1.165) is 32.2 Å². The van der Waals surface area contributed by atoms with E-state index in [1.54, 1.807) is 0 Å². The first kappa shape index (κ1) is 9.60.